The van der Waals surface area contributed by atoms with Gasteiger partial charge in [-0.05, 0) is 19.4 Å². The van der Waals surface area contributed by atoms with E-state index in [1.165, 1.54) is 0 Å². The predicted octanol–water partition coefficient (Wildman–Crippen LogP) is 2.57. The number of aryl methyl sites for hydroxylation is 1. The zero-order valence-corrected chi connectivity index (χ0v) is 14.7. The van der Waals surface area contributed by atoms with E-state index in [0.29, 0.717) is 26.1 Å². The molecule has 1 saturated heterocycles. The van der Waals surface area contributed by atoms with E-state index in [1.54, 1.807) is 0 Å². The maximum Gasteiger partial charge on any atom is 0.256 e. The van der Waals surface area contributed by atoms with Crippen LogP contribution in [0.3, 0.4) is 0 Å². The Balaban J connectivity index is 1.87. The molecule has 0 unspecified atom stereocenters. The molecular formula is C19H25N3O2. The first-order valence-electron chi connectivity index (χ1n) is 8.65. The van der Waals surface area contributed by atoms with Gasteiger partial charge < -0.3 is 14.4 Å². The SMILES string of the molecule is CCC(=O)N1CCCN(C(=O)c2c(C)n(C)c3ccccc23)CC1. The van der Waals surface area contributed by atoms with Crippen LogP contribution in [0.2, 0.25) is 0 Å². The summed E-state index contributed by atoms with van der Waals surface area (Å²) in [4.78, 5) is 28.9. The fourth-order valence-corrected chi connectivity index (χ4v) is 3.54. The van der Waals surface area contributed by atoms with Crippen LogP contribution in [-0.4, -0.2) is 52.4 Å². The van der Waals surface area contributed by atoms with Crippen LogP contribution >= 0.6 is 0 Å². The third kappa shape index (κ3) is 2.79. The van der Waals surface area contributed by atoms with Crippen molar-refractivity contribution in [2.24, 2.45) is 7.05 Å². The van der Waals surface area contributed by atoms with Gasteiger partial charge >= 0.3 is 0 Å². The number of fused-ring (bicyclic) bond motifs is 1. The molecule has 5 nitrogen and oxygen atoms in total. The second kappa shape index (κ2) is 6.67. The van der Waals surface area contributed by atoms with Crippen molar-refractivity contribution in [2.45, 2.75) is 26.7 Å². The van der Waals surface area contributed by atoms with Crippen LogP contribution < -0.4 is 0 Å². The Morgan fingerprint density at radius 2 is 1.71 bits per heavy atom. The van der Waals surface area contributed by atoms with Crippen molar-refractivity contribution in [3.05, 3.63) is 35.5 Å². The van der Waals surface area contributed by atoms with Crippen molar-refractivity contribution < 1.29 is 9.59 Å². The third-order valence-corrected chi connectivity index (χ3v) is 5.05. The summed E-state index contributed by atoms with van der Waals surface area (Å²) in [6.07, 6.45) is 1.36. The van der Waals surface area contributed by atoms with Crippen molar-refractivity contribution in [3.8, 4) is 0 Å². The maximum absolute atomic E-state index is 13.2. The van der Waals surface area contributed by atoms with Gasteiger partial charge in [0, 0.05) is 56.2 Å². The van der Waals surface area contributed by atoms with Gasteiger partial charge in [0.1, 0.15) is 0 Å². The molecule has 1 fully saturated rings. The lowest BCUT2D eigenvalue weighted by atomic mass is 10.1. The summed E-state index contributed by atoms with van der Waals surface area (Å²) in [5.41, 5.74) is 2.87. The molecule has 0 N–H and O–H groups in total. The number of nitrogens with zero attached hydrogens (tertiary/aromatic N) is 3. The zero-order chi connectivity index (χ0) is 17.3. The number of carbonyl (C=O) groups is 2. The van der Waals surface area contributed by atoms with E-state index >= 15 is 0 Å². The van der Waals surface area contributed by atoms with Crippen LogP contribution in [0.25, 0.3) is 10.9 Å². The highest BCUT2D eigenvalue weighted by molar-refractivity contribution is 6.08. The van der Waals surface area contributed by atoms with Crippen LogP contribution in [0.4, 0.5) is 0 Å². The summed E-state index contributed by atoms with van der Waals surface area (Å²) in [7, 11) is 2.00. The topological polar surface area (TPSA) is 45.6 Å². The number of rotatable bonds is 2. The number of carbonyl (C=O) groups excluding carboxylic acids is 2. The summed E-state index contributed by atoms with van der Waals surface area (Å²) in [6.45, 7) is 6.56. The molecule has 24 heavy (non-hydrogen) atoms. The summed E-state index contributed by atoms with van der Waals surface area (Å²) in [5, 5.41) is 1.01. The van der Waals surface area contributed by atoms with E-state index in [9.17, 15) is 9.59 Å². The van der Waals surface area contributed by atoms with Gasteiger partial charge in [-0.15, -0.1) is 0 Å². The Morgan fingerprint density at radius 1 is 1.04 bits per heavy atom. The molecule has 1 aliphatic heterocycles. The molecule has 2 amide bonds. The van der Waals surface area contributed by atoms with Crippen molar-refractivity contribution in [1.29, 1.82) is 0 Å². The lowest BCUT2D eigenvalue weighted by molar-refractivity contribution is -0.130. The molecule has 0 saturated carbocycles. The van der Waals surface area contributed by atoms with Crippen molar-refractivity contribution in [3.63, 3.8) is 0 Å². The molecule has 5 heteroatoms. The molecule has 0 spiro atoms. The van der Waals surface area contributed by atoms with Crippen LogP contribution in [0.5, 0.6) is 0 Å². The Labute approximate surface area is 142 Å². The second-order valence-electron chi connectivity index (χ2n) is 6.42. The largest absolute Gasteiger partial charge is 0.347 e. The number of amides is 2. The van der Waals surface area contributed by atoms with Gasteiger partial charge in [0.15, 0.2) is 0 Å². The lowest BCUT2D eigenvalue weighted by Gasteiger charge is -2.22. The molecule has 1 aromatic carbocycles. The van der Waals surface area contributed by atoms with Gasteiger partial charge in [0.05, 0.1) is 5.56 Å². The van der Waals surface area contributed by atoms with Crippen molar-refractivity contribution >= 4 is 22.7 Å². The minimum atomic E-state index is 0.0788. The van der Waals surface area contributed by atoms with Crippen LogP contribution in [0, 0.1) is 6.92 Å². The molecule has 0 atom stereocenters. The molecule has 128 valence electrons. The van der Waals surface area contributed by atoms with Crippen molar-refractivity contribution in [1.82, 2.24) is 14.4 Å². The highest BCUT2D eigenvalue weighted by Gasteiger charge is 2.26. The second-order valence-corrected chi connectivity index (χ2v) is 6.42. The van der Waals surface area contributed by atoms with Crippen LogP contribution in [-0.2, 0) is 11.8 Å². The normalized spacial score (nSPS) is 15.6. The Morgan fingerprint density at radius 3 is 2.46 bits per heavy atom. The average Bonchev–Trinajstić information content (AvgIpc) is 2.77. The molecule has 3 rings (SSSR count). The molecule has 1 aromatic heterocycles. The average molecular weight is 327 g/mol. The molecule has 2 aromatic rings. The third-order valence-electron chi connectivity index (χ3n) is 5.05. The summed E-state index contributed by atoms with van der Waals surface area (Å²) in [5.74, 6) is 0.251. The minimum Gasteiger partial charge on any atom is -0.347 e. The van der Waals surface area contributed by atoms with E-state index in [2.05, 4.69) is 4.57 Å². The fourth-order valence-electron chi connectivity index (χ4n) is 3.54. The van der Waals surface area contributed by atoms with E-state index in [4.69, 9.17) is 0 Å². The van der Waals surface area contributed by atoms with E-state index < -0.39 is 0 Å². The smallest absolute Gasteiger partial charge is 0.256 e. The van der Waals surface area contributed by atoms with Gasteiger partial charge in [-0.2, -0.15) is 0 Å². The van der Waals surface area contributed by atoms with E-state index in [-0.39, 0.29) is 11.8 Å². The lowest BCUT2D eigenvalue weighted by Crippen LogP contribution is -2.37. The Bertz CT molecular complexity index is 778. The first kappa shape index (κ1) is 16.6. The Hall–Kier alpha value is -2.30. The van der Waals surface area contributed by atoms with Gasteiger partial charge in [0.25, 0.3) is 5.91 Å². The number of hydrogen-bond donors (Lipinski definition) is 0. The minimum absolute atomic E-state index is 0.0788. The monoisotopic (exact) mass is 327 g/mol. The molecule has 2 heterocycles. The number of aromatic nitrogens is 1. The van der Waals surface area contributed by atoms with E-state index in [1.807, 2.05) is 55.0 Å². The van der Waals surface area contributed by atoms with Gasteiger partial charge in [-0.1, -0.05) is 25.1 Å². The van der Waals surface area contributed by atoms with Crippen LogP contribution in [0.1, 0.15) is 35.8 Å². The highest BCUT2D eigenvalue weighted by Crippen LogP contribution is 2.26. The molecular weight excluding hydrogens is 302 g/mol. The maximum atomic E-state index is 13.2. The van der Waals surface area contributed by atoms with Gasteiger partial charge in [0.2, 0.25) is 5.91 Å². The predicted molar refractivity (Wildman–Crippen MR) is 95.0 cm³/mol. The quantitative estimate of drug-likeness (QED) is 0.851. The first-order chi connectivity index (χ1) is 11.5. The Kier molecular flexibility index (Phi) is 4.60. The van der Waals surface area contributed by atoms with Gasteiger partial charge in [-0.3, -0.25) is 9.59 Å². The summed E-state index contributed by atoms with van der Waals surface area (Å²) in [6, 6.07) is 8.03. The van der Waals surface area contributed by atoms with Crippen molar-refractivity contribution in [2.75, 3.05) is 26.2 Å². The molecule has 0 bridgehead atoms. The molecule has 0 radical (unpaired) electrons. The standard InChI is InChI=1S/C19H25N3O2/c1-4-17(23)21-10-7-11-22(13-12-21)19(24)18-14(2)20(3)16-9-6-5-8-15(16)18/h5-6,8-9H,4,7,10-13H2,1-3H3. The highest BCUT2D eigenvalue weighted by atomic mass is 16.2. The van der Waals surface area contributed by atoms with Crippen LogP contribution in [0.15, 0.2) is 24.3 Å². The zero-order valence-electron chi connectivity index (χ0n) is 14.7. The summed E-state index contributed by atoms with van der Waals surface area (Å²) < 4.78 is 2.08. The van der Waals surface area contributed by atoms with Gasteiger partial charge in [-0.25, -0.2) is 0 Å². The molecule has 0 aliphatic carbocycles. The van der Waals surface area contributed by atoms with E-state index in [0.717, 1.165) is 35.1 Å². The fraction of sp³-hybridized carbons (Fsp3) is 0.474. The first-order valence-corrected chi connectivity index (χ1v) is 8.65. The number of para-hydroxylation sites is 1. The molecule has 1 aliphatic rings. The number of hydrogen-bond acceptors (Lipinski definition) is 2. The summed E-state index contributed by atoms with van der Waals surface area (Å²) >= 11 is 0. The number of benzene rings is 1.